The first-order valence-electron chi connectivity index (χ1n) is 10.0. The highest BCUT2D eigenvalue weighted by atomic mass is 16.4. The van der Waals surface area contributed by atoms with E-state index in [4.69, 9.17) is 4.42 Å². The molecule has 1 aliphatic carbocycles. The zero-order valence-electron chi connectivity index (χ0n) is 16.1. The van der Waals surface area contributed by atoms with Gasteiger partial charge in [0.1, 0.15) is 0 Å². The summed E-state index contributed by atoms with van der Waals surface area (Å²) in [5, 5.41) is 11.5. The Morgan fingerprint density at radius 3 is 2.29 bits per heavy atom. The summed E-state index contributed by atoms with van der Waals surface area (Å²) in [6.45, 7) is 2.03. The largest absolute Gasteiger partial charge is 0.416 e. The third-order valence-electron chi connectivity index (χ3n) is 5.27. The minimum atomic E-state index is -0.00979. The van der Waals surface area contributed by atoms with Crippen LogP contribution in [0.1, 0.15) is 54.4 Å². The molecule has 1 aromatic heterocycles. The molecular formula is C23H25N3O2. The fraction of sp³-hybridized carbons (Fsp3) is 0.348. The van der Waals surface area contributed by atoms with Crippen LogP contribution in [0.3, 0.4) is 0 Å². The van der Waals surface area contributed by atoms with E-state index in [1.807, 2.05) is 55.5 Å². The van der Waals surface area contributed by atoms with Crippen molar-refractivity contribution in [1.82, 2.24) is 15.5 Å². The average molecular weight is 375 g/mol. The van der Waals surface area contributed by atoms with E-state index in [9.17, 15) is 4.79 Å². The van der Waals surface area contributed by atoms with Crippen molar-refractivity contribution in [3.8, 4) is 22.9 Å². The molecule has 0 bridgehead atoms. The van der Waals surface area contributed by atoms with Gasteiger partial charge in [0.25, 0.3) is 5.91 Å². The first-order chi connectivity index (χ1) is 13.7. The summed E-state index contributed by atoms with van der Waals surface area (Å²) in [5.74, 6) is 0.936. The summed E-state index contributed by atoms with van der Waals surface area (Å²) < 4.78 is 5.82. The Hall–Kier alpha value is -2.95. The molecule has 0 spiro atoms. The van der Waals surface area contributed by atoms with Gasteiger partial charge in [0.05, 0.1) is 0 Å². The van der Waals surface area contributed by atoms with E-state index in [-0.39, 0.29) is 5.91 Å². The number of aryl methyl sites for hydroxylation is 1. The summed E-state index contributed by atoms with van der Waals surface area (Å²) in [5.41, 5.74) is 3.50. The second-order valence-electron chi connectivity index (χ2n) is 7.52. The van der Waals surface area contributed by atoms with Crippen LogP contribution < -0.4 is 5.32 Å². The summed E-state index contributed by atoms with van der Waals surface area (Å²) in [6.07, 6.45) is 7.10. The van der Waals surface area contributed by atoms with Crippen LogP contribution in [-0.2, 0) is 0 Å². The molecular weight excluding hydrogens is 350 g/mol. The number of amides is 1. The summed E-state index contributed by atoms with van der Waals surface area (Å²) >= 11 is 0. The van der Waals surface area contributed by atoms with Crippen molar-refractivity contribution in [3.05, 3.63) is 59.7 Å². The number of nitrogens with one attached hydrogen (secondary N) is 1. The Kier molecular flexibility index (Phi) is 5.51. The van der Waals surface area contributed by atoms with Crippen LogP contribution in [0.4, 0.5) is 0 Å². The molecule has 0 unspecified atom stereocenters. The molecule has 0 saturated heterocycles. The zero-order chi connectivity index (χ0) is 19.3. The van der Waals surface area contributed by atoms with Crippen LogP contribution >= 0.6 is 0 Å². The van der Waals surface area contributed by atoms with E-state index < -0.39 is 0 Å². The zero-order valence-corrected chi connectivity index (χ0v) is 16.1. The molecule has 0 atom stereocenters. The maximum absolute atomic E-state index is 12.5. The smallest absolute Gasteiger partial charge is 0.251 e. The average Bonchev–Trinajstić information content (AvgIpc) is 3.07. The van der Waals surface area contributed by atoms with Gasteiger partial charge in [0.15, 0.2) is 0 Å². The minimum Gasteiger partial charge on any atom is -0.416 e. The molecule has 1 N–H and O–H groups in total. The number of hydrogen-bond acceptors (Lipinski definition) is 4. The highest BCUT2D eigenvalue weighted by Gasteiger charge is 2.16. The molecule has 1 amide bonds. The predicted molar refractivity (Wildman–Crippen MR) is 109 cm³/mol. The van der Waals surface area contributed by atoms with Crippen molar-refractivity contribution in [2.75, 3.05) is 0 Å². The SMILES string of the molecule is Cc1cccc(-c2nnc(-c3ccc(C(=O)NC4CCCCCC4)cc3)o2)c1. The molecule has 1 fully saturated rings. The highest BCUT2D eigenvalue weighted by molar-refractivity contribution is 5.94. The first-order valence-corrected chi connectivity index (χ1v) is 10.0. The minimum absolute atomic E-state index is 0.00979. The Morgan fingerprint density at radius 2 is 1.61 bits per heavy atom. The summed E-state index contributed by atoms with van der Waals surface area (Å²) in [6, 6.07) is 15.6. The lowest BCUT2D eigenvalue weighted by Gasteiger charge is -2.16. The van der Waals surface area contributed by atoms with Crippen LogP contribution in [-0.4, -0.2) is 22.1 Å². The predicted octanol–water partition coefficient (Wildman–Crippen LogP) is 5.16. The Bertz CT molecular complexity index is 938. The van der Waals surface area contributed by atoms with E-state index in [0.717, 1.165) is 29.5 Å². The number of aromatic nitrogens is 2. The Labute approximate surface area is 165 Å². The van der Waals surface area contributed by atoms with Crippen LogP contribution in [0, 0.1) is 6.92 Å². The monoisotopic (exact) mass is 375 g/mol. The van der Waals surface area contributed by atoms with Gasteiger partial charge in [-0.15, -0.1) is 10.2 Å². The van der Waals surface area contributed by atoms with Crippen molar-refractivity contribution < 1.29 is 9.21 Å². The van der Waals surface area contributed by atoms with E-state index in [2.05, 4.69) is 15.5 Å². The van der Waals surface area contributed by atoms with Gasteiger partial charge in [-0.2, -0.15) is 0 Å². The van der Waals surface area contributed by atoms with Gasteiger partial charge in [0.2, 0.25) is 11.8 Å². The molecule has 0 radical (unpaired) electrons. The van der Waals surface area contributed by atoms with Crippen LogP contribution in [0.5, 0.6) is 0 Å². The van der Waals surface area contributed by atoms with Crippen molar-refractivity contribution in [3.63, 3.8) is 0 Å². The standard InChI is InChI=1S/C23H25N3O2/c1-16-7-6-8-19(15-16)23-26-25-22(28-23)18-13-11-17(12-14-18)21(27)24-20-9-4-2-3-5-10-20/h6-8,11-15,20H,2-5,9-10H2,1H3,(H,24,27). The third-order valence-corrected chi connectivity index (χ3v) is 5.27. The van der Waals surface area contributed by atoms with Gasteiger partial charge < -0.3 is 9.73 Å². The number of nitrogens with zero attached hydrogens (tertiary/aromatic N) is 2. The lowest BCUT2D eigenvalue weighted by molar-refractivity contribution is 0.0933. The van der Waals surface area contributed by atoms with Gasteiger partial charge >= 0.3 is 0 Å². The molecule has 5 heteroatoms. The maximum Gasteiger partial charge on any atom is 0.251 e. The highest BCUT2D eigenvalue weighted by Crippen LogP contribution is 2.25. The molecule has 144 valence electrons. The van der Waals surface area contributed by atoms with Gasteiger partial charge in [0, 0.05) is 22.7 Å². The number of carbonyl (C=O) groups is 1. The van der Waals surface area contributed by atoms with Crippen LogP contribution in [0.15, 0.2) is 52.9 Å². The number of benzene rings is 2. The molecule has 3 aromatic rings. The molecule has 1 aliphatic rings. The normalized spacial score (nSPS) is 15.2. The maximum atomic E-state index is 12.5. The third kappa shape index (κ3) is 4.30. The molecule has 1 heterocycles. The van der Waals surface area contributed by atoms with Gasteiger partial charge in [-0.25, -0.2) is 0 Å². The van der Waals surface area contributed by atoms with Crippen LogP contribution in [0.2, 0.25) is 0 Å². The summed E-state index contributed by atoms with van der Waals surface area (Å²) in [7, 11) is 0. The van der Waals surface area contributed by atoms with Gasteiger partial charge in [-0.3, -0.25) is 4.79 Å². The van der Waals surface area contributed by atoms with Gasteiger partial charge in [-0.1, -0.05) is 43.4 Å². The molecule has 5 nitrogen and oxygen atoms in total. The molecule has 4 rings (SSSR count). The van der Waals surface area contributed by atoms with Crippen LogP contribution in [0.25, 0.3) is 22.9 Å². The Balaban J connectivity index is 1.45. The van der Waals surface area contributed by atoms with Crippen molar-refractivity contribution in [1.29, 1.82) is 0 Å². The molecule has 1 saturated carbocycles. The second-order valence-corrected chi connectivity index (χ2v) is 7.52. The van der Waals surface area contributed by atoms with E-state index in [1.165, 1.54) is 25.7 Å². The van der Waals surface area contributed by atoms with E-state index in [0.29, 0.717) is 23.4 Å². The Morgan fingerprint density at radius 1 is 0.929 bits per heavy atom. The van der Waals surface area contributed by atoms with Crippen molar-refractivity contribution in [2.24, 2.45) is 0 Å². The molecule has 28 heavy (non-hydrogen) atoms. The lowest BCUT2D eigenvalue weighted by atomic mass is 10.1. The molecule has 0 aliphatic heterocycles. The first kappa shape index (κ1) is 18.4. The summed E-state index contributed by atoms with van der Waals surface area (Å²) in [4.78, 5) is 12.5. The number of carbonyl (C=O) groups excluding carboxylic acids is 1. The van der Waals surface area contributed by atoms with Gasteiger partial charge in [-0.05, 0) is 56.2 Å². The fourth-order valence-electron chi connectivity index (χ4n) is 3.69. The lowest BCUT2D eigenvalue weighted by Crippen LogP contribution is -2.34. The van der Waals surface area contributed by atoms with Crippen molar-refractivity contribution >= 4 is 5.91 Å². The van der Waals surface area contributed by atoms with E-state index in [1.54, 1.807) is 0 Å². The fourth-order valence-corrected chi connectivity index (χ4v) is 3.69. The van der Waals surface area contributed by atoms with Crippen molar-refractivity contribution in [2.45, 2.75) is 51.5 Å². The molecule has 2 aromatic carbocycles. The van der Waals surface area contributed by atoms with E-state index >= 15 is 0 Å². The second kappa shape index (κ2) is 8.38. The topological polar surface area (TPSA) is 68.0 Å². The quantitative estimate of drug-likeness (QED) is 0.639. The number of rotatable bonds is 4. The number of hydrogen-bond donors (Lipinski definition) is 1.